The minimum Gasteiger partial charge on any atom is -0.351 e. The molecule has 1 amide bonds. The Morgan fingerprint density at radius 2 is 2.24 bits per heavy atom. The van der Waals surface area contributed by atoms with Gasteiger partial charge in [0, 0.05) is 25.0 Å². The Bertz CT molecular complexity index is 369. The normalized spacial score (nSPS) is 14.1. The van der Waals surface area contributed by atoms with Gasteiger partial charge in [-0.2, -0.15) is 0 Å². The number of rotatable bonds is 5. The lowest BCUT2D eigenvalue weighted by molar-refractivity contribution is -0.130. The first-order valence-corrected chi connectivity index (χ1v) is 5.91. The lowest BCUT2D eigenvalue weighted by Gasteiger charge is -2.24. The first-order chi connectivity index (χ1) is 8.01. The largest absolute Gasteiger partial charge is 0.351 e. The van der Waals surface area contributed by atoms with E-state index < -0.39 is 5.41 Å². The molecule has 0 aromatic carbocycles. The van der Waals surface area contributed by atoms with Crippen molar-refractivity contribution in [2.24, 2.45) is 11.1 Å². The highest BCUT2D eigenvalue weighted by molar-refractivity contribution is 5.82. The number of carbonyl (C=O) groups is 1. The fourth-order valence-electron chi connectivity index (χ4n) is 1.40. The van der Waals surface area contributed by atoms with Gasteiger partial charge in [0.15, 0.2) is 0 Å². The van der Waals surface area contributed by atoms with E-state index in [1.807, 2.05) is 32.9 Å². The summed E-state index contributed by atoms with van der Waals surface area (Å²) in [5.41, 5.74) is 7.13. The Labute approximate surface area is 103 Å². The van der Waals surface area contributed by atoms with Crippen molar-refractivity contribution in [3.8, 4) is 0 Å². The number of carbonyl (C=O) groups excluding carboxylic acids is 1. The van der Waals surface area contributed by atoms with Crippen LogP contribution in [0.2, 0.25) is 0 Å². The highest BCUT2D eigenvalue weighted by Crippen LogP contribution is 2.19. The zero-order valence-electron chi connectivity index (χ0n) is 10.8. The van der Waals surface area contributed by atoms with Gasteiger partial charge in [-0.15, -0.1) is 0 Å². The molecule has 0 saturated carbocycles. The van der Waals surface area contributed by atoms with Gasteiger partial charge in [0.2, 0.25) is 5.91 Å². The molecule has 0 spiro atoms. The van der Waals surface area contributed by atoms with E-state index in [0.717, 1.165) is 17.7 Å². The van der Waals surface area contributed by atoms with Crippen molar-refractivity contribution >= 4 is 5.91 Å². The number of hydrogen-bond donors (Lipinski definition) is 2. The van der Waals surface area contributed by atoms with Gasteiger partial charge in [0.1, 0.15) is 0 Å². The molecular formula is C13H21N3O. The van der Waals surface area contributed by atoms with E-state index >= 15 is 0 Å². The fourth-order valence-corrected chi connectivity index (χ4v) is 1.40. The highest BCUT2D eigenvalue weighted by atomic mass is 16.2. The molecule has 1 aromatic rings. The zero-order valence-corrected chi connectivity index (χ0v) is 10.8. The number of amides is 1. The number of aromatic nitrogens is 1. The first-order valence-electron chi connectivity index (χ1n) is 5.91. The monoisotopic (exact) mass is 235 g/mol. The summed E-state index contributed by atoms with van der Waals surface area (Å²) in [4.78, 5) is 16.1. The third-order valence-corrected chi connectivity index (χ3v) is 3.20. The predicted molar refractivity (Wildman–Crippen MR) is 68.3 cm³/mol. The average Bonchev–Trinajstić information content (AvgIpc) is 2.36. The summed E-state index contributed by atoms with van der Waals surface area (Å²) >= 11 is 0. The van der Waals surface area contributed by atoms with E-state index in [4.69, 9.17) is 5.73 Å². The molecule has 0 saturated heterocycles. The second kappa shape index (κ2) is 5.77. The van der Waals surface area contributed by atoms with E-state index in [9.17, 15) is 4.79 Å². The zero-order chi connectivity index (χ0) is 12.9. The average molecular weight is 235 g/mol. The van der Waals surface area contributed by atoms with Gasteiger partial charge in [0.25, 0.3) is 0 Å². The number of aryl methyl sites for hydroxylation is 1. The number of nitrogens with one attached hydrogen (secondary N) is 1. The molecule has 1 unspecified atom stereocenters. The smallest absolute Gasteiger partial charge is 0.227 e. The van der Waals surface area contributed by atoms with Crippen LogP contribution in [0.1, 0.15) is 31.5 Å². The quantitative estimate of drug-likeness (QED) is 0.810. The molecule has 0 aliphatic heterocycles. The van der Waals surface area contributed by atoms with Gasteiger partial charge < -0.3 is 11.1 Å². The van der Waals surface area contributed by atoms with Crippen molar-refractivity contribution < 1.29 is 4.79 Å². The lowest BCUT2D eigenvalue weighted by Crippen LogP contribution is -2.43. The van der Waals surface area contributed by atoms with Crippen LogP contribution in [0.3, 0.4) is 0 Å². The van der Waals surface area contributed by atoms with Crippen LogP contribution in [0.25, 0.3) is 0 Å². The summed E-state index contributed by atoms with van der Waals surface area (Å²) < 4.78 is 0. The second-order valence-corrected chi connectivity index (χ2v) is 4.61. The molecule has 0 aliphatic rings. The molecule has 0 bridgehead atoms. The van der Waals surface area contributed by atoms with Crippen molar-refractivity contribution in [2.45, 2.75) is 33.7 Å². The number of hydrogen-bond acceptors (Lipinski definition) is 3. The minimum atomic E-state index is -0.474. The lowest BCUT2D eigenvalue weighted by atomic mass is 9.86. The van der Waals surface area contributed by atoms with Crippen LogP contribution in [0.4, 0.5) is 0 Å². The maximum Gasteiger partial charge on any atom is 0.227 e. The molecule has 1 rings (SSSR count). The maximum atomic E-state index is 12.0. The summed E-state index contributed by atoms with van der Waals surface area (Å²) in [7, 11) is 0. The molecule has 0 radical (unpaired) electrons. The van der Waals surface area contributed by atoms with Crippen molar-refractivity contribution in [1.82, 2.24) is 10.3 Å². The van der Waals surface area contributed by atoms with Crippen LogP contribution in [0.15, 0.2) is 18.3 Å². The van der Waals surface area contributed by atoms with Gasteiger partial charge in [0.05, 0.1) is 5.41 Å². The molecule has 1 aromatic heterocycles. The molecule has 0 fully saturated rings. The Hall–Kier alpha value is -1.42. The van der Waals surface area contributed by atoms with Gasteiger partial charge in [-0.1, -0.05) is 13.0 Å². The summed E-state index contributed by atoms with van der Waals surface area (Å²) in [5, 5.41) is 2.90. The minimum absolute atomic E-state index is 0.00285. The first kappa shape index (κ1) is 13.6. The van der Waals surface area contributed by atoms with Gasteiger partial charge in [-0.05, 0) is 31.9 Å². The topological polar surface area (TPSA) is 68.0 Å². The molecule has 4 nitrogen and oxygen atoms in total. The van der Waals surface area contributed by atoms with Crippen molar-refractivity contribution in [1.29, 1.82) is 0 Å². The Morgan fingerprint density at radius 3 is 2.71 bits per heavy atom. The molecule has 94 valence electrons. The summed E-state index contributed by atoms with van der Waals surface area (Å²) in [6.07, 6.45) is 2.52. The molecule has 1 heterocycles. The Kier molecular flexibility index (Phi) is 4.63. The van der Waals surface area contributed by atoms with Gasteiger partial charge in [-0.25, -0.2) is 0 Å². The van der Waals surface area contributed by atoms with Crippen LogP contribution >= 0.6 is 0 Å². The number of pyridine rings is 1. The second-order valence-electron chi connectivity index (χ2n) is 4.61. The van der Waals surface area contributed by atoms with Crippen LogP contribution in [-0.4, -0.2) is 17.4 Å². The van der Waals surface area contributed by atoms with Gasteiger partial charge >= 0.3 is 0 Å². The molecule has 0 aliphatic carbocycles. The summed E-state index contributed by atoms with van der Waals surface area (Å²) in [5.74, 6) is 0.00285. The van der Waals surface area contributed by atoms with Gasteiger partial charge in [-0.3, -0.25) is 9.78 Å². The standard InChI is InChI=1S/C13H21N3O/c1-4-13(3,9-14)12(17)16-8-11-6-5-10(2)15-7-11/h5-7H,4,8-9,14H2,1-3H3,(H,16,17). The van der Waals surface area contributed by atoms with Crippen LogP contribution in [0, 0.1) is 12.3 Å². The van der Waals surface area contributed by atoms with Crippen molar-refractivity contribution in [3.05, 3.63) is 29.6 Å². The maximum absolute atomic E-state index is 12.0. The van der Waals surface area contributed by atoms with E-state index in [2.05, 4.69) is 10.3 Å². The third kappa shape index (κ3) is 3.53. The third-order valence-electron chi connectivity index (χ3n) is 3.20. The van der Waals surface area contributed by atoms with Crippen molar-refractivity contribution in [3.63, 3.8) is 0 Å². The Morgan fingerprint density at radius 1 is 1.53 bits per heavy atom. The Balaban J connectivity index is 2.56. The van der Waals surface area contributed by atoms with Crippen LogP contribution < -0.4 is 11.1 Å². The van der Waals surface area contributed by atoms with E-state index in [1.54, 1.807) is 6.20 Å². The van der Waals surface area contributed by atoms with Crippen molar-refractivity contribution in [2.75, 3.05) is 6.54 Å². The summed E-state index contributed by atoms with van der Waals surface area (Å²) in [6.45, 7) is 6.66. The fraction of sp³-hybridized carbons (Fsp3) is 0.538. The number of nitrogens with zero attached hydrogens (tertiary/aromatic N) is 1. The van der Waals surface area contributed by atoms with E-state index in [-0.39, 0.29) is 5.91 Å². The molecular weight excluding hydrogens is 214 g/mol. The molecule has 17 heavy (non-hydrogen) atoms. The molecule has 4 heteroatoms. The van der Waals surface area contributed by atoms with E-state index in [1.165, 1.54) is 0 Å². The highest BCUT2D eigenvalue weighted by Gasteiger charge is 2.29. The van der Waals surface area contributed by atoms with Crippen LogP contribution in [0.5, 0.6) is 0 Å². The molecule has 3 N–H and O–H groups in total. The number of nitrogens with two attached hydrogens (primary N) is 1. The van der Waals surface area contributed by atoms with E-state index in [0.29, 0.717) is 13.1 Å². The molecule has 1 atom stereocenters. The SMILES string of the molecule is CCC(C)(CN)C(=O)NCc1ccc(C)nc1. The summed E-state index contributed by atoms with van der Waals surface area (Å²) in [6, 6.07) is 3.90. The van der Waals surface area contributed by atoms with Crippen LogP contribution in [-0.2, 0) is 11.3 Å². The predicted octanol–water partition coefficient (Wildman–Crippen LogP) is 1.38.